The van der Waals surface area contributed by atoms with Crippen molar-refractivity contribution in [3.05, 3.63) is 63.6 Å². The fraction of sp³-hybridized carbons (Fsp3) is 0.435. The topological polar surface area (TPSA) is 75.7 Å². The quantitative estimate of drug-likeness (QED) is 0.566. The van der Waals surface area contributed by atoms with Gasteiger partial charge in [-0.15, -0.1) is 0 Å². The second kappa shape index (κ2) is 10.9. The Morgan fingerprint density at radius 2 is 1.78 bits per heavy atom. The molecule has 6 nitrogen and oxygen atoms in total. The number of hydrogen-bond acceptors (Lipinski definition) is 4. The van der Waals surface area contributed by atoms with Crippen molar-refractivity contribution in [1.82, 2.24) is 9.62 Å². The molecule has 174 valence electrons. The third kappa shape index (κ3) is 6.16. The van der Waals surface area contributed by atoms with Crippen LogP contribution in [0.25, 0.3) is 0 Å². The first kappa shape index (κ1) is 24.8. The monoisotopic (exact) mass is 498 g/mol. The molecule has 1 heterocycles. The highest BCUT2D eigenvalue weighted by Crippen LogP contribution is 2.27. The molecule has 1 atom stereocenters. The zero-order valence-electron chi connectivity index (χ0n) is 18.2. The van der Waals surface area contributed by atoms with Crippen molar-refractivity contribution in [1.29, 1.82) is 0 Å². The molecule has 1 amide bonds. The van der Waals surface area contributed by atoms with Crippen LogP contribution in [0.4, 0.5) is 0 Å². The molecule has 0 unspecified atom stereocenters. The fourth-order valence-electron chi connectivity index (χ4n) is 3.87. The van der Waals surface area contributed by atoms with Crippen LogP contribution >= 0.6 is 23.2 Å². The summed E-state index contributed by atoms with van der Waals surface area (Å²) in [5.74, 6) is 0.383. The minimum atomic E-state index is -3.50. The second-order valence-corrected chi connectivity index (χ2v) is 10.7. The Hall–Kier alpha value is -1.80. The van der Waals surface area contributed by atoms with Crippen LogP contribution < -0.4 is 10.1 Å². The number of carbonyl (C=O) groups is 1. The molecule has 32 heavy (non-hydrogen) atoms. The van der Waals surface area contributed by atoms with Gasteiger partial charge in [0.15, 0.2) is 0 Å². The molecule has 0 bridgehead atoms. The van der Waals surface area contributed by atoms with Crippen LogP contribution in [-0.4, -0.2) is 38.8 Å². The minimum Gasteiger partial charge on any atom is -0.497 e. The first-order valence-electron chi connectivity index (χ1n) is 10.6. The normalized spacial score (nSPS) is 16.5. The Morgan fingerprint density at radius 3 is 2.34 bits per heavy atom. The summed E-state index contributed by atoms with van der Waals surface area (Å²) in [4.78, 5) is 12.8. The lowest BCUT2D eigenvalue weighted by atomic mass is 9.95. The highest BCUT2D eigenvalue weighted by Gasteiger charge is 2.32. The maximum absolute atomic E-state index is 12.8. The molecule has 0 aliphatic carbocycles. The van der Waals surface area contributed by atoms with Gasteiger partial charge in [-0.25, -0.2) is 12.7 Å². The number of nitrogens with zero attached hydrogens (tertiary/aromatic N) is 1. The Bertz CT molecular complexity index is 1040. The van der Waals surface area contributed by atoms with Crippen LogP contribution in [0, 0.1) is 5.92 Å². The van der Waals surface area contributed by atoms with Gasteiger partial charge >= 0.3 is 0 Å². The zero-order chi connectivity index (χ0) is 23.3. The molecule has 0 aromatic heterocycles. The van der Waals surface area contributed by atoms with Crippen LogP contribution in [0.2, 0.25) is 10.0 Å². The van der Waals surface area contributed by atoms with E-state index in [0.717, 1.165) is 17.7 Å². The number of hydrogen-bond donors (Lipinski definition) is 1. The number of carbonyl (C=O) groups excluding carboxylic acids is 1. The van der Waals surface area contributed by atoms with Crippen molar-refractivity contribution < 1.29 is 17.9 Å². The number of amides is 1. The van der Waals surface area contributed by atoms with Crippen LogP contribution in [-0.2, 0) is 20.6 Å². The Balaban J connectivity index is 1.56. The summed E-state index contributed by atoms with van der Waals surface area (Å²) >= 11 is 11.9. The van der Waals surface area contributed by atoms with E-state index < -0.39 is 10.0 Å². The van der Waals surface area contributed by atoms with Crippen molar-refractivity contribution >= 4 is 39.1 Å². The summed E-state index contributed by atoms with van der Waals surface area (Å²) in [6, 6.07) is 12.4. The standard InChI is InChI=1S/C23H28Cl2N2O4S/c1-3-22(17-5-7-19(31-2)8-6-17)26-23(28)18-10-12-27(13-11-18)32(29,30)15-16-4-9-20(24)21(25)14-16/h4-9,14,18,22H,3,10-13,15H2,1-2H3,(H,26,28)/t22-/m0/s1. The number of sulfonamides is 1. The van der Waals surface area contributed by atoms with Gasteiger partial charge in [0.25, 0.3) is 0 Å². The molecule has 9 heteroatoms. The van der Waals surface area contributed by atoms with E-state index in [9.17, 15) is 13.2 Å². The van der Waals surface area contributed by atoms with Gasteiger partial charge in [-0.3, -0.25) is 4.79 Å². The predicted octanol–water partition coefficient (Wildman–Crippen LogP) is 4.81. The van der Waals surface area contributed by atoms with Crippen LogP contribution in [0.5, 0.6) is 5.75 Å². The first-order chi connectivity index (χ1) is 15.2. The van der Waals surface area contributed by atoms with Crippen molar-refractivity contribution in [3.63, 3.8) is 0 Å². The molecule has 1 aliphatic rings. The molecule has 2 aromatic carbocycles. The molecule has 3 rings (SSSR count). The lowest BCUT2D eigenvalue weighted by Gasteiger charge is -2.31. The van der Waals surface area contributed by atoms with Crippen molar-refractivity contribution in [2.24, 2.45) is 5.92 Å². The molecule has 1 fully saturated rings. The summed E-state index contributed by atoms with van der Waals surface area (Å²) < 4.78 is 32.3. The van der Waals surface area contributed by atoms with E-state index in [-0.39, 0.29) is 23.6 Å². The number of rotatable bonds is 8. The summed E-state index contributed by atoms with van der Waals surface area (Å²) in [5, 5.41) is 3.84. The predicted molar refractivity (Wildman–Crippen MR) is 128 cm³/mol. The third-order valence-corrected chi connectivity index (χ3v) is 8.38. The summed E-state index contributed by atoms with van der Waals surface area (Å²) in [6.07, 6.45) is 1.74. The summed E-state index contributed by atoms with van der Waals surface area (Å²) in [7, 11) is -1.89. The van der Waals surface area contributed by atoms with Gasteiger partial charge in [0, 0.05) is 19.0 Å². The number of halogens is 2. The highest BCUT2D eigenvalue weighted by molar-refractivity contribution is 7.88. The number of ether oxygens (including phenoxy) is 1. The summed E-state index contributed by atoms with van der Waals surface area (Å²) in [6.45, 7) is 2.66. The van der Waals surface area contributed by atoms with E-state index in [1.807, 2.05) is 31.2 Å². The molecule has 1 N–H and O–H groups in total. The molecular formula is C23H28Cl2N2O4S. The van der Waals surface area contributed by atoms with Crippen molar-refractivity contribution in [2.45, 2.75) is 38.0 Å². The Kier molecular flexibility index (Phi) is 8.44. The number of benzene rings is 2. The van der Waals surface area contributed by atoms with E-state index in [2.05, 4.69) is 5.32 Å². The largest absolute Gasteiger partial charge is 0.497 e. The van der Waals surface area contributed by atoms with E-state index in [1.165, 1.54) is 4.31 Å². The number of nitrogens with one attached hydrogen (secondary N) is 1. The molecule has 2 aromatic rings. The average molecular weight is 499 g/mol. The van der Waals surface area contributed by atoms with Crippen LogP contribution in [0.1, 0.15) is 43.4 Å². The van der Waals surface area contributed by atoms with Gasteiger partial charge in [-0.1, -0.05) is 48.3 Å². The van der Waals surface area contributed by atoms with Gasteiger partial charge in [-0.05, 0) is 54.7 Å². The average Bonchev–Trinajstić information content (AvgIpc) is 2.79. The molecule has 0 saturated carbocycles. The van der Waals surface area contributed by atoms with Crippen molar-refractivity contribution in [2.75, 3.05) is 20.2 Å². The van der Waals surface area contributed by atoms with Crippen LogP contribution in [0.15, 0.2) is 42.5 Å². The lowest BCUT2D eigenvalue weighted by molar-refractivity contribution is -0.126. The fourth-order valence-corrected chi connectivity index (χ4v) is 5.75. The molecular weight excluding hydrogens is 471 g/mol. The SMILES string of the molecule is CC[C@H](NC(=O)C1CCN(S(=O)(=O)Cc2ccc(Cl)c(Cl)c2)CC1)c1ccc(OC)cc1. The highest BCUT2D eigenvalue weighted by atomic mass is 35.5. The maximum Gasteiger partial charge on any atom is 0.223 e. The Labute approximate surface area is 199 Å². The molecule has 0 radical (unpaired) electrons. The first-order valence-corrected chi connectivity index (χ1v) is 13.0. The lowest BCUT2D eigenvalue weighted by Crippen LogP contribution is -2.44. The second-order valence-electron chi connectivity index (χ2n) is 7.92. The van der Waals surface area contributed by atoms with Gasteiger partial charge in [0.2, 0.25) is 15.9 Å². The smallest absolute Gasteiger partial charge is 0.223 e. The maximum atomic E-state index is 12.8. The summed E-state index contributed by atoms with van der Waals surface area (Å²) in [5.41, 5.74) is 1.60. The molecule has 1 aliphatic heterocycles. The molecule has 1 saturated heterocycles. The van der Waals surface area contributed by atoms with Gasteiger partial charge in [0.1, 0.15) is 5.75 Å². The minimum absolute atomic E-state index is 0.0331. The Morgan fingerprint density at radius 1 is 1.12 bits per heavy atom. The zero-order valence-corrected chi connectivity index (χ0v) is 20.5. The van der Waals surface area contributed by atoms with E-state index >= 15 is 0 Å². The number of methoxy groups -OCH3 is 1. The third-order valence-electron chi connectivity index (χ3n) is 5.79. The van der Waals surface area contributed by atoms with Gasteiger partial charge < -0.3 is 10.1 Å². The van der Waals surface area contributed by atoms with E-state index in [1.54, 1.807) is 25.3 Å². The van der Waals surface area contributed by atoms with Crippen LogP contribution in [0.3, 0.4) is 0 Å². The molecule has 0 spiro atoms. The van der Waals surface area contributed by atoms with E-state index in [4.69, 9.17) is 27.9 Å². The van der Waals surface area contributed by atoms with Gasteiger partial charge in [0.05, 0.1) is 28.9 Å². The van der Waals surface area contributed by atoms with E-state index in [0.29, 0.717) is 41.5 Å². The van der Waals surface area contributed by atoms with Gasteiger partial charge in [-0.2, -0.15) is 0 Å². The number of piperidine rings is 1. The van der Waals surface area contributed by atoms with Crippen molar-refractivity contribution in [3.8, 4) is 5.75 Å².